The standard InChI is InChI=1S/C20H26F3N3O/c1-4-6-9-15-10-8-11-16(13-15)26(3)18-17(20(21,22)23)14-24-19(25-18)27-12-7-5-2/h8,10-11,13-14H,4-7,9,12H2,1-3H3. The summed E-state index contributed by atoms with van der Waals surface area (Å²) in [7, 11) is 1.58. The second-order valence-corrected chi connectivity index (χ2v) is 6.42. The van der Waals surface area contributed by atoms with Crippen LogP contribution in [0, 0.1) is 0 Å². The molecular weight excluding hydrogens is 355 g/mol. The molecule has 0 spiro atoms. The molecule has 0 amide bonds. The van der Waals surface area contributed by atoms with E-state index in [1.54, 1.807) is 13.1 Å². The Bertz CT molecular complexity index is 735. The predicted octanol–water partition coefficient (Wildman–Crippen LogP) is 5.78. The van der Waals surface area contributed by atoms with Crippen LogP contribution in [0.25, 0.3) is 0 Å². The Morgan fingerprint density at radius 2 is 1.85 bits per heavy atom. The van der Waals surface area contributed by atoms with Gasteiger partial charge in [0.05, 0.1) is 6.61 Å². The van der Waals surface area contributed by atoms with E-state index in [1.165, 1.54) is 4.90 Å². The van der Waals surface area contributed by atoms with Gasteiger partial charge in [-0.15, -0.1) is 0 Å². The van der Waals surface area contributed by atoms with Crippen LogP contribution in [0.1, 0.15) is 50.7 Å². The van der Waals surface area contributed by atoms with Gasteiger partial charge in [-0.2, -0.15) is 18.2 Å². The molecule has 1 aromatic carbocycles. The average molecular weight is 381 g/mol. The highest BCUT2D eigenvalue weighted by molar-refractivity contribution is 5.63. The number of benzene rings is 1. The van der Waals surface area contributed by atoms with Crippen LogP contribution in [0.5, 0.6) is 6.01 Å². The number of aromatic nitrogens is 2. The van der Waals surface area contributed by atoms with Crippen molar-refractivity contribution in [3.63, 3.8) is 0 Å². The fourth-order valence-electron chi connectivity index (χ4n) is 2.61. The highest BCUT2D eigenvalue weighted by Crippen LogP contribution is 2.37. The minimum atomic E-state index is -4.55. The average Bonchev–Trinajstić information content (AvgIpc) is 2.65. The molecule has 27 heavy (non-hydrogen) atoms. The zero-order valence-corrected chi connectivity index (χ0v) is 16.0. The molecule has 0 saturated heterocycles. The van der Waals surface area contributed by atoms with Crippen LogP contribution in [0.2, 0.25) is 0 Å². The van der Waals surface area contributed by atoms with E-state index in [1.807, 2.05) is 25.1 Å². The van der Waals surface area contributed by atoms with Crippen molar-refractivity contribution in [3.05, 3.63) is 41.6 Å². The Hall–Kier alpha value is -2.31. The third kappa shape index (κ3) is 5.84. The Balaban J connectivity index is 2.36. The van der Waals surface area contributed by atoms with Crippen molar-refractivity contribution in [2.24, 2.45) is 0 Å². The van der Waals surface area contributed by atoms with Crippen LogP contribution in [0.3, 0.4) is 0 Å². The Kier molecular flexibility index (Phi) is 7.45. The topological polar surface area (TPSA) is 38.2 Å². The summed E-state index contributed by atoms with van der Waals surface area (Å²) in [4.78, 5) is 9.22. The van der Waals surface area contributed by atoms with Crippen LogP contribution in [0.4, 0.5) is 24.7 Å². The molecule has 0 fully saturated rings. The lowest BCUT2D eigenvalue weighted by atomic mass is 10.1. The van der Waals surface area contributed by atoms with E-state index in [9.17, 15) is 13.2 Å². The van der Waals surface area contributed by atoms with Gasteiger partial charge in [0.25, 0.3) is 0 Å². The molecule has 0 aliphatic rings. The first kappa shape index (κ1) is 21.0. The second kappa shape index (κ2) is 9.58. The minimum absolute atomic E-state index is 0.0413. The summed E-state index contributed by atoms with van der Waals surface area (Å²) < 4.78 is 45.8. The highest BCUT2D eigenvalue weighted by atomic mass is 19.4. The SMILES string of the molecule is CCCCOc1ncc(C(F)(F)F)c(N(C)c2cccc(CCCC)c2)n1. The quantitative estimate of drug-likeness (QED) is 0.516. The smallest absolute Gasteiger partial charge is 0.421 e. The van der Waals surface area contributed by atoms with Gasteiger partial charge in [-0.1, -0.05) is 38.8 Å². The first-order valence-electron chi connectivity index (χ1n) is 9.26. The minimum Gasteiger partial charge on any atom is -0.463 e. The summed E-state index contributed by atoms with van der Waals surface area (Å²) in [6.07, 6.45) is 0.922. The number of unbranched alkanes of at least 4 members (excludes halogenated alkanes) is 2. The lowest BCUT2D eigenvalue weighted by Gasteiger charge is -2.23. The number of rotatable bonds is 9. The summed E-state index contributed by atoms with van der Waals surface area (Å²) in [5.74, 6) is -0.211. The number of alkyl halides is 3. The molecule has 0 saturated carbocycles. The molecule has 0 aliphatic heterocycles. The number of halogens is 3. The van der Waals surface area contributed by atoms with E-state index < -0.39 is 11.7 Å². The van der Waals surface area contributed by atoms with Gasteiger partial charge in [-0.05, 0) is 37.0 Å². The lowest BCUT2D eigenvalue weighted by molar-refractivity contribution is -0.137. The normalized spacial score (nSPS) is 11.5. The number of anilines is 2. The van der Waals surface area contributed by atoms with Crippen LogP contribution in [-0.4, -0.2) is 23.6 Å². The fourth-order valence-corrected chi connectivity index (χ4v) is 2.61. The van der Waals surface area contributed by atoms with Gasteiger partial charge in [0, 0.05) is 18.9 Å². The predicted molar refractivity (Wildman–Crippen MR) is 101 cm³/mol. The molecule has 0 bridgehead atoms. The highest BCUT2D eigenvalue weighted by Gasteiger charge is 2.36. The van der Waals surface area contributed by atoms with E-state index in [4.69, 9.17) is 4.74 Å². The molecule has 0 N–H and O–H groups in total. The molecule has 4 nitrogen and oxygen atoms in total. The van der Waals surface area contributed by atoms with Crippen molar-refractivity contribution < 1.29 is 17.9 Å². The molecule has 0 atom stereocenters. The Labute approximate surface area is 158 Å². The van der Waals surface area contributed by atoms with Crippen LogP contribution >= 0.6 is 0 Å². The number of ether oxygens (including phenoxy) is 1. The molecule has 0 aliphatic carbocycles. The van der Waals surface area contributed by atoms with E-state index in [-0.39, 0.29) is 11.8 Å². The summed E-state index contributed by atoms with van der Waals surface area (Å²) in [6.45, 7) is 4.48. The van der Waals surface area contributed by atoms with Crippen LogP contribution in [-0.2, 0) is 12.6 Å². The molecule has 0 unspecified atom stereocenters. The first-order valence-corrected chi connectivity index (χ1v) is 9.26. The molecule has 1 aromatic heterocycles. The molecule has 2 rings (SSSR count). The molecule has 7 heteroatoms. The van der Waals surface area contributed by atoms with Gasteiger partial charge >= 0.3 is 12.2 Å². The summed E-state index contributed by atoms with van der Waals surface area (Å²) in [5, 5.41) is 0. The van der Waals surface area contributed by atoms with E-state index in [0.717, 1.165) is 43.9 Å². The maximum atomic E-state index is 13.5. The van der Waals surface area contributed by atoms with Gasteiger partial charge in [-0.25, -0.2) is 4.98 Å². The number of nitrogens with zero attached hydrogens (tertiary/aromatic N) is 3. The third-order valence-corrected chi connectivity index (χ3v) is 4.22. The summed E-state index contributed by atoms with van der Waals surface area (Å²) in [6, 6.07) is 7.46. The zero-order valence-electron chi connectivity index (χ0n) is 16.0. The van der Waals surface area contributed by atoms with Crippen LogP contribution in [0.15, 0.2) is 30.5 Å². The van der Waals surface area contributed by atoms with Crippen molar-refractivity contribution in [1.29, 1.82) is 0 Å². The Morgan fingerprint density at radius 1 is 1.11 bits per heavy atom. The van der Waals surface area contributed by atoms with Crippen molar-refractivity contribution in [3.8, 4) is 6.01 Å². The van der Waals surface area contributed by atoms with Gasteiger partial charge in [0.15, 0.2) is 5.82 Å². The van der Waals surface area contributed by atoms with Gasteiger partial charge in [-0.3, -0.25) is 0 Å². The maximum Gasteiger partial charge on any atom is 0.421 e. The number of hydrogen-bond acceptors (Lipinski definition) is 4. The van der Waals surface area contributed by atoms with Crippen molar-refractivity contribution in [2.75, 3.05) is 18.6 Å². The third-order valence-electron chi connectivity index (χ3n) is 4.22. The zero-order chi connectivity index (χ0) is 19.9. The van der Waals surface area contributed by atoms with E-state index >= 15 is 0 Å². The largest absolute Gasteiger partial charge is 0.463 e. The number of aryl methyl sites for hydroxylation is 1. The molecule has 2 aromatic rings. The molecule has 1 heterocycles. The van der Waals surface area contributed by atoms with Gasteiger partial charge in [0.2, 0.25) is 0 Å². The molecule has 148 valence electrons. The van der Waals surface area contributed by atoms with Crippen molar-refractivity contribution in [1.82, 2.24) is 9.97 Å². The van der Waals surface area contributed by atoms with Crippen molar-refractivity contribution >= 4 is 11.5 Å². The van der Waals surface area contributed by atoms with E-state index in [2.05, 4.69) is 16.9 Å². The summed E-state index contributed by atoms with van der Waals surface area (Å²) in [5.41, 5.74) is 0.849. The van der Waals surface area contributed by atoms with E-state index in [0.29, 0.717) is 12.3 Å². The fraction of sp³-hybridized carbons (Fsp3) is 0.500. The lowest BCUT2D eigenvalue weighted by Crippen LogP contribution is -2.19. The monoisotopic (exact) mass is 381 g/mol. The Morgan fingerprint density at radius 3 is 2.52 bits per heavy atom. The maximum absolute atomic E-state index is 13.5. The van der Waals surface area contributed by atoms with Crippen molar-refractivity contribution in [2.45, 2.75) is 52.1 Å². The molecular formula is C20H26F3N3O. The first-order chi connectivity index (χ1) is 12.9. The van der Waals surface area contributed by atoms with Gasteiger partial charge < -0.3 is 9.64 Å². The van der Waals surface area contributed by atoms with Gasteiger partial charge in [0.1, 0.15) is 5.56 Å². The number of hydrogen-bond donors (Lipinski definition) is 0. The molecule has 0 radical (unpaired) electrons. The summed E-state index contributed by atoms with van der Waals surface area (Å²) >= 11 is 0. The second-order valence-electron chi connectivity index (χ2n) is 6.42. The van der Waals surface area contributed by atoms with Crippen LogP contribution < -0.4 is 9.64 Å².